The minimum absolute atomic E-state index is 0.554. The van der Waals surface area contributed by atoms with Gasteiger partial charge < -0.3 is 15.0 Å². The Labute approximate surface area is 131 Å². The number of hydrogen-bond donors (Lipinski definition) is 1. The van der Waals surface area contributed by atoms with Crippen LogP contribution in [0.3, 0.4) is 0 Å². The topological polar surface area (TPSA) is 50.3 Å². The Morgan fingerprint density at radius 3 is 2.73 bits per heavy atom. The van der Waals surface area contributed by atoms with Gasteiger partial charge in [0.25, 0.3) is 0 Å². The maximum atomic E-state index is 5.40. The molecule has 0 radical (unpaired) electrons. The lowest BCUT2D eigenvalue weighted by atomic mass is 10.1. The Morgan fingerprint density at radius 1 is 1.18 bits per heavy atom. The summed E-state index contributed by atoms with van der Waals surface area (Å²) in [7, 11) is 1.68. The van der Waals surface area contributed by atoms with Gasteiger partial charge in [-0.15, -0.1) is 0 Å². The van der Waals surface area contributed by atoms with Gasteiger partial charge in [-0.3, -0.25) is 0 Å². The molecule has 3 rings (SSSR count). The fraction of sp³-hybridized carbons (Fsp3) is 0.412. The van der Waals surface area contributed by atoms with Crippen molar-refractivity contribution in [2.75, 3.05) is 31.6 Å². The summed E-state index contributed by atoms with van der Waals surface area (Å²) in [6.45, 7) is 5.12. The lowest BCUT2D eigenvalue weighted by molar-refractivity contribution is 0.416. The van der Waals surface area contributed by atoms with Gasteiger partial charge in [0.15, 0.2) is 0 Å². The van der Waals surface area contributed by atoms with Crippen molar-refractivity contribution < 1.29 is 4.74 Å². The quantitative estimate of drug-likeness (QED) is 0.942. The van der Waals surface area contributed by atoms with Crippen LogP contribution >= 0.6 is 0 Å². The van der Waals surface area contributed by atoms with Crippen molar-refractivity contribution in [1.82, 2.24) is 15.3 Å². The molecule has 5 heteroatoms. The number of aromatic nitrogens is 2. The Bertz CT molecular complexity index is 614. The van der Waals surface area contributed by atoms with Crippen LogP contribution in [0.25, 0.3) is 11.1 Å². The van der Waals surface area contributed by atoms with Crippen LogP contribution in [-0.2, 0) is 0 Å². The molecule has 1 aliphatic heterocycles. The Hall–Kier alpha value is -2.14. The first-order chi connectivity index (χ1) is 10.8. The zero-order valence-electron chi connectivity index (χ0n) is 13.1. The minimum Gasteiger partial charge on any atom is -0.496 e. The summed E-state index contributed by atoms with van der Waals surface area (Å²) in [6, 6.07) is 8.48. The fourth-order valence-electron chi connectivity index (χ4n) is 2.72. The molecule has 1 aliphatic rings. The maximum Gasteiger partial charge on any atom is 0.225 e. The standard InChI is InChI=1S/C17H22N4O/c1-13-7-9-21(10-8-18-13)17-19-11-14(12-20-17)15-5-3-4-6-16(15)22-2/h3-6,11-13,18H,7-10H2,1-2H3. The fourth-order valence-corrected chi connectivity index (χ4v) is 2.72. The largest absolute Gasteiger partial charge is 0.496 e. The van der Waals surface area contributed by atoms with E-state index in [0.29, 0.717) is 6.04 Å². The van der Waals surface area contributed by atoms with E-state index in [2.05, 4.69) is 27.1 Å². The molecule has 116 valence electrons. The number of benzene rings is 1. The van der Waals surface area contributed by atoms with E-state index < -0.39 is 0 Å². The highest BCUT2D eigenvalue weighted by Gasteiger charge is 2.15. The first-order valence-corrected chi connectivity index (χ1v) is 7.71. The molecule has 0 bridgehead atoms. The van der Waals surface area contributed by atoms with Crippen LogP contribution in [0.2, 0.25) is 0 Å². The van der Waals surface area contributed by atoms with Crippen molar-refractivity contribution in [3.63, 3.8) is 0 Å². The van der Waals surface area contributed by atoms with Gasteiger partial charge in [0.2, 0.25) is 5.95 Å². The molecule has 22 heavy (non-hydrogen) atoms. The van der Waals surface area contributed by atoms with E-state index in [4.69, 9.17) is 4.74 Å². The molecule has 0 aliphatic carbocycles. The van der Waals surface area contributed by atoms with Crippen molar-refractivity contribution in [3.05, 3.63) is 36.7 Å². The number of hydrogen-bond acceptors (Lipinski definition) is 5. The van der Waals surface area contributed by atoms with Crippen LogP contribution in [0.1, 0.15) is 13.3 Å². The summed E-state index contributed by atoms with van der Waals surface area (Å²) < 4.78 is 5.40. The minimum atomic E-state index is 0.554. The average Bonchev–Trinajstić information content (AvgIpc) is 2.79. The van der Waals surface area contributed by atoms with E-state index in [0.717, 1.165) is 48.9 Å². The highest BCUT2D eigenvalue weighted by atomic mass is 16.5. The van der Waals surface area contributed by atoms with Crippen molar-refractivity contribution in [1.29, 1.82) is 0 Å². The maximum absolute atomic E-state index is 5.40. The third-order valence-corrected chi connectivity index (χ3v) is 4.05. The highest BCUT2D eigenvalue weighted by molar-refractivity contribution is 5.69. The molecule has 1 fully saturated rings. The Balaban J connectivity index is 1.80. The molecule has 1 unspecified atom stereocenters. The molecule has 1 atom stereocenters. The highest BCUT2D eigenvalue weighted by Crippen LogP contribution is 2.28. The Morgan fingerprint density at radius 2 is 1.95 bits per heavy atom. The molecule has 0 saturated carbocycles. The molecule has 2 aromatic rings. The van der Waals surface area contributed by atoms with Crippen molar-refractivity contribution >= 4 is 5.95 Å². The number of rotatable bonds is 3. The third-order valence-electron chi connectivity index (χ3n) is 4.05. The molecule has 1 aromatic heterocycles. The van der Waals surface area contributed by atoms with Crippen molar-refractivity contribution in [2.45, 2.75) is 19.4 Å². The number of nitrogens with one attached hydrogen (secondary N) is 1. The molecule has 5 nitrogen and oxygen atoms in total. The first kappa shape index (κ1) is 14.8. The van der Waals surface area contributed by atoms with Gasteiger partial charge in [0.05, 0.1) is 7.11 Å². The number of anilines is 1. The second-order valence-electron chi connectivity index (χ2n) is 5.60. The lowest BCUT2D eigenvalue weighted by Crippen LogP contribution is -2.30. The predicted molar refractivity (Wildman–Crippen MR) is 88.3 cm³/mol. The number of nitrogens with zero attached hydrogens (tertiary/aromatic N) is 3. The molecule has 0 amide bonds. The van der Waals surface area contributed by atoms with E-state index in [1.54, 1.807) is 7.11 Å². The van der Waals surface area contributed by atoms with E-state index in [9.17, 15) is 0 Å². The van der Waals surface area contributed by atoms with Crippen LogP contribution < -0.4 is 15.0 Å². The van der Waals surface area contributed by atoms with Crippen LogP contribution in [-0.4, -0.2) is 42.8 Å². The summed E-state index contributed by atoms with van der Waals surface area (Å²) in [5.74, 6) is 1.64. The summed E-state index contributed by atoms with van der Waals surface area (Å²) in [6.07, 6.45) is 4.86. The van der Waals surface area contributed by atoms with Crippen LogP contribution in [0.5, 0.6) is 5.75 Å². The van der Waals surface area contributed by atoms with E-state index in [1.165, 1.54) is 0 Å². The van der Waals surface area contributed by atoms with Crippen LogP contribution in [0.4, 0.5) is 5.95 Å². The Kier molecular flexibility index (Phi) is 4.53. The van der Waals surface area contributed by atoms with E-state index >= 15 is 0 Å². The monoisotopic (exact) mass is 298 g/mol. The zero-order valence-corrected chi connectivity index (χ0v) is 13.1. The van der Waals surface area contributed by atoms with Crippen LogP contribution in [0, 0.1) is 0 Å². The number of para-hydroxylation sites is 1. The molecule has 1 aromatic carbocycles. The molecular formula is C17H22N4O. The van der Waals surface area contributed by atoms with E-state index in [-0.39, 0.29) is 0 Å². The van der Waals surface area contributed by atoms with E-state index in [1.807, 2.05) is 36.7 Å². The zero-order chi connectivity index (χ0) is 15.4. The van der Waals surface area contributed by atoms with Gasteiger partial charge in [-0.2, -0.15) is 0 Å². The summed E-state index contributed by atoms with van der Waals surface area (Å²) in [5, 5.41) is 3.48. The van der Waals surface area contributed by atoms with Gasteiger partial charge in [-0.05, 0) is 19.4 Å². The SMILES string of the molecule is COc1ccccc1-c1cnc(N2CCNC(C)CC2)nc1. The lowest BCUT2D eigenvalue weighted by Gasteiger charge is -2.19. The molecule has 0 spiro atoms. The summed E-state index contributed by atoms with van der Waals surface area (Å²) in [4.78, 5) is 11.3. The number of methoxy groups -OCH3 is 1. The number of ether oxygens (including phenoxy) is 1. The summed E-state index contributed by atoms with van der Waals surface area (Å²) >= 11 is 0. The van der Waals surface area contributed by atoms with Gasteiger partial charge in [-0.25, -0.2) is 9.97 Å². The van der Waals surface area contributed by atoms with Crippen molar-refractivity contribution in [2.24, 2.45) is 0 Å². The van der Waals surface area contributed by atoms with Crippen molar-refractivity contribution in [3.8, 4) is 16.9 Å². The third kappa shape index (κ3) is 3.20. The predicted octanol–water partition coefficient (Wildman–Crippen LogP) is 2.34. The van der Waals surface area contributed by atoms with Gasteiger partial charge in [0.1, 0.15) is 5.75 Å². The van der Waals surface area contributed by atoms with Gasteiger partial charge in [0, 0.05) is 49.2 Å². The average molecular weight is 298 g/mol. The molecular weight excluding hydrogens is 276 g/mol. The first-order valence-electron chi connectivity index (χ1n) is 7.71. The molecule has 2 heterocycles. The summed E-state index contributed by atoms with van der Waals surface area (Å²) in [5.41, 5.74) is 1.99. The van der Waals surface area contributed by atoms with Crippen LogP contribution in [0.15, 0.2) is 36.7 Å². The normalized spacial score (nSPS) is 18.8. The smallest absolute Gasteiger partial charge is 0.225 e. The van der Waals surface area contributed by atoms with Gasteiger partial charge in [-0.1, -0.05) is 18.2 Å². The second kappa shape index (κ2) is 6.75. The van der Waals surface area contributed by atoms with Gasteiger partial charge >= 0.3 is 0 Å². The second-order valence-corrected chi connectivity index (χ2v) is 5.60. The molecule has 1 N–H and O–H groups in total. The molecule has 1 saturated heterocycles.